The highest BCUT2D eigenvalue weighted by atomic mass is 16.5. The number of aliphatic imine (C=N–C) groups is 1. The zero-order valence-electron chi connectivity index (χ0n) is 19.7. The van der Waals surface area contributed by atoms with Crippen LogP contribution in [0.15, 0.2) is 77.8 Å². The van der Waals surface area contributed by atoms with Crippen LogP contribution in [0.1, 0.15) is 40.9 Å². The second kappa shape index (κ2) is 10.4. The lowest BCUT2D eigenvalue weighted by molar-refractivity contribution is 0.0526. The maximum Gasteiger partial charge on any atom is 0.338 e. The lowest BCUT2D eigenvalue weighted by Gasteiger charge is -2.13. The van der Waals surface area contributed by atoms with Crippen molar-refractivity contribution in [1.82, 2.24) is 9.88 Å². The second-order valence-electron chi connectivity index (χ2n) is 8.15. The molecule has 4 rings (SSSR count). The Labute approximate surface area is 199 Å². The van der Waals surface area contributed by atoms with Gasteiger partial charge in [-0.05, 0) is 50.3 Å². The molecule has 6 heteroatoms. The molecule has 0 amide bonds. The van der Waals surface area contributed by atoms with Crippen LogP contribution in [-0.4, -0.2) is 46.9 Å². The number of hydrogen-bond acceptors (Lipinski definition) is 5. The summed E-state index contributed by atoms with van der Waals surface area (Å²) < 4.78 is 5.11. The molecular formula is C28H29N3O3. The average molecular weight is 456 g/mol. The van der Waals surface area contributed by atoms with E-state index in [1.165, 1.54) is 5.56 Å². The number of nitrogens with zero attached hydrogens (tertiary/aromatic N) is 2. The first-order valence-corrected chi connectivity index (χ1v) is 11.4. The van der Waals surface area contributed by atoms with E-state index in [2.05, 4.69) is 36.0 Å². The van der Waals surface area contributed by atoms with Crippen molar-refractivity contribution in [2.24, 2.45) is 4.99 Å². The van der Waals surface area contributed by atoms with E-state index >= 15 is 0 Å². The van der Waals surface area contributed by atoms with Crippen molar-refractivity contribution in [3.8, 4) is 5.88 Å². The van der Waals surface area contributed by atoms with Gasteiger partial charge in [-0.3, -0.25) is 0 Å². The van der Waals surface area contributed by atoms with Crippen molar-refractivity contribution >= 4 is 28.3 Å². The minimum absolute atomic E-state index is 0.000183. The molecule has 0 saturated heterocycles. The van der Waals surface area contributed by atoms with E-state index in [4.69, 9.17) is 9.73 Å². The van der Waals surface area contributed by atoms with Gasteiger partial charge in [0, 0.05) is 23.0 Å². The van der Waals surface area contributed by atoms with Gasteiger partial charge in [-0.25, -0.2) is 9.79 Å². The van der Waals surface area contributed by atoms with Crippen LogP contribution in [0.4, 0.5) is 5.69 Å². The largest absolute Gasteiger partial charge is 0.494 e. The number of esters is 1. The molecule has 0 spiro atoms. The molecule has 1 aromatic heterocycles. The summed E-state index contributed by atoms with van der Waals surface area (Å²) in [6, 6.07) is 23.1. The molecule has 0 atom stereocenters. The number of rotatable bonds is 8. The van der Waals surface area contributed by atoms with Gasteiger partial charge in [0.2, 0.25) is 0 Å². The van der Waals surface area contributed by atoms with Gasteiger partial charge in [0.05, 0.1) is 29.1 Å². The minimum atomic E-state index is -0.397. The molecule has 3 aromatic carbocycles. The molecule has 174 valence electrons. The van der Waals surface area contributed by atoms with Crippen molar-refractivity contribution < 1.29 is 14.6 Å². The third-order valence-corrected chi connectivity index (χ3v) is 5.74. The summed E-state index contributed by atoms with van der Waals surface area (Å²) in [5.41, 5.74) is 5.18. The summed E-state index contributed by atoms with van der Waals surface area (Å²) in [4.78, 5) is 22.3. The SMILES string of the molecule is CCOC(=O)c1ccc2c(C(=Nc3ccc(CN(C)CC)cc3)c3ccccc3)c(O)[nH]c2c1. The first-order chi connectivity index (χ1) is 16.5. The normalized spacial score (nSPS) is 11.8. The number of ether oxygens (including phenoxy) is 1. The van der Waals surface area contributed by atoms with Crippen molar-refractivity contribution in [3.05, 3.63) is 95.1 Å². The third-order valence-electron chi connectivity index (χ3n) is 5.74. The Bertz CT molecular complexity index is 1310. The Balaban J connectivity index is 1.79. The summed E-state index contributed by atoms with van der Waals surface area (Å²) in [5, 5.41) is 11.7. The van der Waals surface area contributed by atoms with Crippen LogP contribution in [0.25, 0.3) is 10.9 Å². The zero-order valence-corrected chi connectivity index (χ0v) is 19.7. The Kier molecular flexibility index (Phi) is 7.09. The van der Waals surface area contributed by atoms with E-state index in [1.807, 2.05) is 48.5 Å². The molecule has 0 radical (unpaired) electrons. The Morgan fingerprint density at radius 2 is 1.74 bits per heavy atom. The lowest BCUT2D eigenvalue weighted by Crippen LogP contribution is -2.16. The number of carbonyl (C=O) groups excluding carboxylic acids is 1. The fourth-order valence-corrected chi connectivity index (χ4v) is 3.85. The highest BCUT2D eigenvalue weighted by Gasteiger charge is 2.20. The van der Waals surface area contributed by atoms with Gasteiger partial charge in [0.25, 0.3) is 0 Å². The molecule has 4 aromatic rings. The molecule has 2 N–H and O–H groups in total. The first-order valence-electron chi connectivity index (χ1n) is 11.4. The summed E-state index contributed by atoms with van der Waals surface area (Å²) in [5.74, 6) is -0.398. The van der Waals surface area contributed by atoms with E-state index in [9.17, 15) is 9.90 Å². The van der Waals surface area contributed by atoms with Gasteiger partial charge in [-0.1, -0.05) is 55.5 Å². The van der Waals surface area contributed by atoms with E-state index in [0.29, 0.717) is 29.0 Å². The van der Waals surface area contributed by atoms with Crippen molar-refractivity contribution in [2.75, 3.05) is 20.2 Å². The van der Waals surface area contributed by atoms with Crippen molar-refractivity contribution in [1.29, 1.82) is 0 Å². The molecule has 0 aliphatic rings. The molecule has 1 heterocycles. The Morgan fingerprint density at radius 3 is 2.41 bits per heavy atom. The number of benzene rings is 3. The number of aromatic nitrogens is 1. The molecule has 0 aliphatic carbocycles. The predicted molar refractivity (Wildman–Crippen MR) is 136 cm³/mol. The van der Waals surface area contributed by atoms with Crippen LogP contribution < -0.4 is 0 Å². The van der Waals surface area contributed by atoms with Crippen molar-refractivity contribution in [2.45, 2.75) is 20.4 Å². The molecule has 34 heavy (non-hydrogen) atoms. The van der Waals surface area contributed by atoms with Crippen LogP contribution in [0.3, 0.4) is 0 Å². The molecule has 0 unspecified atom stereocenters. The number of aromatic hydroxyl groups is 1. The maximum atomic E-state index is 12.2. The van der Waals surface area contributed by atoms with Gasteiger partial charge in [-0.15, -0.1) is 0 Å². The topological polar surface area (TPSA) is 77.9 Å². The number of H-pyrrole nitrogens is 1. The van der Waals surface area contributed by atoms with Gasteiger partial charge in [-0.2, -0.15) is 0 Å². The molecule has 0 bridgehead atoms. The molecule has 0 fully saturated rings. The number of aromatic amines is 1. The molecule has 0 aliphatic heterocycles. The van der Waals surface area contributed by atoms with Crippen LogP contribution >= 0.6 is 0 Å². The number of fused-ring (bicyclic) bond motifs is 1. The summed E-state index contributed by atoms with van der Waals surface area (Å²) in [6.07, 6.45) is 0. The predicted octanol–water partition coefficient (Wildman–Crippen LogP) is 5.67. The van der Waals surface area contributed by atoms with E-state index in [-0.39, 0.29) is 5.88 Å². The van der Waals surface area contributed by atoms with Crippen LogP contribution in [-0.2, 0) is 11.3 Å². The average Bonchev–Trinajstić information content (AvgIpc) is 3.18. The van der Waals surface area contributed by atoms with Gasteiger partial charge < -0.3 is 19.7 Å². The monoisotopic (exact) mass is 455 g/mol. The Morgan fingerprint density at radius 1 is 1.00 bits per heavy atom. The Hall–Kier alpha value is -3.90. The third kappa shape index (κ3) is 5.02. The van der Waals surface area contributed by atoms with Crippen LogP contribution in [0.5, 0.6) is 5.88 Å². The number of nitrogens with one attached hydrogen (secondary N) is 1. The molecule has 6 nitrogen and oxygen atoms in total. The van der Waals surface area contributed by atoms with E-state index < -0.39 is 5.97 Å². The standard InChI is InChI=1S/C28H29N3O3/c1-4-31(3)18-19-11-14-22(15-12-19)29-26(20-9-7-6-8-10-20)25-23-16-13-21(28(33)34-5-2)17-24(23)30-27(25)32/h6-17,30,32H,4-5,18H2,1-3H3. The summed E-state index contributed by atoms with van der Waals surface area (Å²) in [7, 11) is 2.09. The molecular weight excluding hydrogens is 426 g/mol. The zero-order chi connectivity index (χ0) is 24.1. The van der Waals surface area contributed by atoms with Crippen LogP contribution in [0, 0.1) is 0 Å². The highest BCUT2D eigenvalue weighted by molar-refractivity contribution is 6.22. The van der Waals surface area contributed by atoms with E-state index in [1.54, 1.807) is 19.1 Å². The quantitative estimate of drug-likeness (QED) is 0.265. The maximum absolute atomic E-state index is 12.2. The van der Waals surface area contributed by atoms with Gasteiger partial charge in [0.15, 0.2) is 5.88 Å². The fraction of sp³-hybridized carbons (Fsp3) is 0.214. The first kappa shape index (κ1) is 23.3. The highest BCUT2D eigenvalue weighted by Crippen LogP contribution is 2.32. The second-order valence-corrected chi connectivity index (χ2v) is 8.15. The van der Waals surface area contributed by atoms with Crippen molar-refractivity contribution in [3.63, 3.8) is 0 Å². The fourth-order valence-electron chi connectivity index (χ4n) is 3.85. The summed E-state index contributed by atoms with van der Waals surface area (Å²) in [6.45, 7) is 6.06. The molecule has 0 saturated carbocycles. The smallest absolute Gasteiger partial charge is 0.338 e. The minimum Gasteiger partial charge on any atom is -0.494 e. The number of hydrogen-bond donors (Lipinski definition) is 2. The van der Waals surface area contributed by atoms with Crippen LogP contribution in [0.2, 0.25) is 0 Å². The summed E-state index contributed by atoms with van der Waals surface area (Å²) >= 11 is 0. The van der Waals surface area contributed by atoms with Gasteiger partial charge >= 0.3 is 5.97 Å². The number of carbonyl (C=O) groups is 1. The van der Waals surface area contributed by atoms with E-state index in [0.717, 1.165) is 29.7 Å². The lowest BCUT2D eigenvalue weighted by atomic mass is 10.00. The van der Waals surface area contributed by atoms with Gasteiger partial charge in [0.1, 0.15) is 0 Å².